The molecule has 1 aromatic carbocycles. The molecule has 2 atom stereocenters. The van der Waals surface area contributed by atoms with Crippen LogP contribution in [0.1, 0.15) is 37.3 Å². The number of nitrogens with zero attached hydrogens (tertiary/aromatic N) is 1. The SMILES string of the molecule is COC1=C(OC)CC2CCCCN(C)C(c3ccc(O)c(O)c3)C2=C1. The third kappa shape index (κ3) is 3.47. The lowest BCUT2D eigenvalue weighted by atomic mass is 9.78. The fourth-order valence-corrected chi connectivity index (χ4v) is 4.01. The number of benzene rings is 1. The molecule has 25 heavy (non-hydrogen) atoms. The standard InChI is InChI=1S/C20H27NO4/c1-21-9-5-4-6-13-11-18(24-2)19(25-3)12-15(13)20(21)14-7-8-16(22)17(23)10-14/h7-8,10,12-13,20,22-23H,4-6,9,11H2,1-3H3. The Morgan fingerprint density at radius 2 is 1.88 bits per heavy atom. The summed E-state index contributed by atoms with van der Waals surface area (Å²) in [4.78, 5) is 2.31. The highest BCUT2D eigenvalue weighted by Crippen LogP contribution is 2.44. The molecular formula is C20H27NO4. The van der Waals surface area contributed by atoms with Gasteiger partial charge in [-0.15, -0.1) is 0 Å². The maximum absolute atomic E-state index is 9.98. The van der Waals surface area contributed by atoms with Crippen molar-refractivity contribution in [2.75, 3.05) is 27.8 Å². The summed E-state index contributed by atoms with van der Waals surface area (Å²) >= 11 is 0. The van der Waals surface area contributed by atoms with Crippen LogP contribution in [0, 0.1) is 5.92 Å². The molecule has 1 aromatic rings. The van der Waals surface area contributed by atoms with Gasteiger partial charge in [0, 0.05) is 6.42 Å². The Balaban J connectivity index is 2.09. The highest BCUT2D eigenvalue weighted by molar-refractivity contribution is 5.45. The van der Waals surface area contributed by atoms with E-state index in [-0.39, 0.29) is 17.5 Å². The smallest absolute Gasteiger partial charge is 0.157 e. The number of likely N-dealkylation sites (N-methyl/N-ethyl adjacent to an activating group) is 1. The van der Waals surface area contributed by atoms with E-state index in [2.05, 4.69) is 18.0 Å². The van der Waals surface area contributed by atoms with Gasteiger partial charge in [-0.1, -0.05) is 12.5 Å². The first-order valence-corrected chi connectivity index (χ1v) is 8.80. The van der Waals surface area contributed by atoms with Crippen LogP contribution in [0.2, 0.25) is 0 Å². The zero-order valence-electron chi connectivity index (χ0n) is 15.2. The van der Waals surface area contributed by atoms with Crippen molar-refractivity contribution in [3.63, 3.8) is 0 Å². The largest absolute Gasteiger partial charge is 0.504 e. The summed E-state index contributed by atoms with van der Waals surface area (Å²) in [5.41, 5.74) is 2.26. The van der Waals surface area contributed by atoms with Gasteiger partial charge in [-0.25, -0.2) is 0 Å². The molecule has 0 spiro atoms. The molecule has 1 heterocycles. The van der Waals surface area contributed by atoms with Crippen LogP contribution >= 0.6 is 0 Å². The number of allylic oxidation sites excluding steroid dienone is 2. The molecule has 2 N–H and O–H groups in total. The molecule has 0 aromatic heterocycles. The van der Waals surface area contributed by atoms with Crippen LogP contribution in [-0.2, 0) is 9.47 Å². The Morgan fingerprint density at radius 1 is 1.08 bits per heavy atom. The van der Waals surface area contributed by atoms with E-state index in [0.29, 0.717) is 5.92 Å². The van der Waals surface area contributed by atoms with Gasteiger partial charge in [0.05, 0.1) is 20.3 Å². The lowest BCUT2D eigenvalue weighted by Crippen LogP contribution is -2.33. The van der Waals surface area contributed by atoms with Gasteiger partial charge in [0.2, 0.25) is 0 Å². The average Bonchev–Trinajstić information content (AvgIpc) is 2.60. The number of hydrogen-bond acceptors (Lipinski definition) is 5. The molecule has 0 saturated carbocycles. The number of aromatic hydroxyl groups is 2. The second kappa shape index (κ2) is 7.40. The first kappa shape index (κ1) is 17.7. The number of phenolic OH excluding ortho intramolecular Hbond substituents is 2. The molecule has 3 rings (SSSR count). The minimum atomic E-state index is -0.0921. The van der Waals surface area contributed by atoms with Gasteiger partial charge in [-0.05, 0) is 61.7 Å². The quantitative estimate of drug-likeness (QED) is 0.818. The summed E-state index contributed by atoms with van der Waals surface area (Å²) in [6.07, 6.45) is 6.37. The first-order chi connectivity index (χ1) is 12.0. The maximum atomic E-state index is 9.98. The Bertz CT molecular complexity index is 695. The van der Waals surface area contributed by atoms with Crippen molar-refractivity contribution < 1.29 is 19.7 Å². The average molecular weight is 345 g/mol. The molecule has 0 amide bonds. The topological polar surface area (TPSA) is 62.2 Å². The second-order valence-electron chi connectivity index (χ2n) is 6.87. The molecule has 1 saturated heterocycles. The van der Waals surface area contributed by atoms with Crippen LogP contribution in [0.3, 0.4) is 0 Å². The van der Waals surface area contributed by atoms with Crippen molar-refractivity contribution >= 4 is 0 Å². The van der Waals surface area contributed by atoms with E-state index in [1.165, 1.54) is 12.0 Å². The van der Waals surface area contributed by atoms with Gasteiger partial charge >= 0.3 is 0 Å². The third-order valence-electron chi connectivity index (χ3n) is 5.33. The fraction of sp³-hybridized carbons (Fsp3) is 0.500. The normalized spacial score (nSPS) is 24.8. The number of rotatable bonds is 3. The van der Waals surface area contributed by atoms with Crippen molar-refractivity contribution in [1.29, 1.82) is 0 Å². The Hall–Kier alpha value is -2.14. The van der Waals surface area contributed by atoms with Crippen LogP contribution in [-0.4, -0.2) is 42.9 Å². The molecule has 1 aliphatic heterocycles. The Labute approximate surface area is 149 Å². The van der Waals surface area contributed by atoms with Gasteiger partial charge in [0.25, 0.3) is 0 Å². The predicted octanol–water partition coefficient (Wildman–Crippen LogP) is 3.71. The van der Waals surface area contributed by atoms with Crippen molar-refractivity contribution in [2.45, 2.75) is 31.7 Å². The zero-order valence-corrected chi connectivity index (χ0v) is 15.2. The van der Waals surface area contributed by atoms with E-state index in [9.17, 15) is 10.2 Å². The fourth-order valence-electron chi connectivity index (χ4n) is 4.01. The molecule has 136 valence electrons. The van der Waals surface area contributed by atoms with Crippen LogP contribution in [0.4, 0.5) is 0 Å². The molecule has 2 aliphatic rings. The number of ether oxygens (including phenoxy) is 2. The lowest BCUT2D eigenvalue weighted by molar-refractivity contribution is 0.184. The number of phenols is 2. The molecule has 0 radical (unpaired) electrons. The van der Waals surface area contributed by atoms with Gasteiger partial charge in [-0.2, -0.15) is 0 Å². The molecule has 1 aliphatic carbocycles. The summed E-state index contributed by atoms with van der Waals surface area (Å²) in [6.45, 7) is 0.986. The minimum Gasteiger partial charge on any atom is -0.504 e. The molecule has 1 fully saturated rings. The monoisotopic (exact) mass is 345 g/mol. The molecular weight excluding hydrogens is 318 g/mol. The third-order valence-corrected chi connectivity index (χ3v) is 5.33. The highest BCUT2D eigenvalue weighted by Gasteiger charge is 2.33. The van der Waals surface area contributed by atoms with Crippen LogP contribution in [0.25, 0.3) is 0 Å². The lowest BCUT2D eigenvalue weighted by Gasteiger charge is -2.39. The number of fused-ring (bicyclic) bond motifs is 1. The van der Waals surface area contributed by atoms with E-state index in [1.807, 2.05) is 6.07 Å². The van der Waals surface area contributed by atoms with Crippen molar-refractivity contribution in [2.24, 2.45) is 5.92 Å². The van der Waals surface area contributed by atoms with Crippen molar-refractivity contribution in [1.82, 2.24) is 4.90 Å². The second-order valence-corrected chi connectivity index (χ2v) is 6.87. The van der Waals surface area contributed by atoms with E-state index in [4.69, 9.17) is 9.47 Å². The summed E-state index contributed by atoms with van der Waals surface area (Å²) in [5, 5.41) is 19.6. The van der Waals surface area contributed by atoms with E-state index < -0.39 is 0 Å². The van der Waals surface area contributed by atoms with E-state index >= 15 is 0 Å². The maximum Gasteiger partial charge on any atom is 0.157 e. The van der Waals surface area contributed by atoms with Crippen LogP contribution < -0.4 is 0 Å². The Morgan fingerprint density at radius 3 is 2.56 bits per heavy atom. The minimum absolute atomic E-state index is 0.0420. The van der Waals surface area contributed by atoms with Gasteiger partial charge in [0.15, 0.2) is 17.3 Å². The number of methoxy groups -OCH3 is 2. The summed E-state index contributed by atoms with van der Waals surface area (Å²) < 4.78 is 11.1. The van der Waals surface area contributed by atoms with Gasteiger partial charge in [0.1, 0.15) is 5.76 Å². The predicted molar refractivity (Wildman–Crippen MR) is 96.2 cm³/mol. The van der Waals surface area contributed by atoms with Gasteiger partial charge in [-0.3, -0.25) is 4.90 Å². The Kier molecular flexibility index (Phi) is 5.23. The van der Waals surface area contributed by atoms with E-state index in [0.717, 1.165) is 42.9 Å². The highest BCUT2D eigenvalue weighted by atomic mass is 16.5. The summed E-state index contributed by atoms with van der Waals surface area (Å²) in [5.74, 6) is 1.88. The van der Waals surface area contributed by atoms with Crippen LogP contribution in [0.5, 0.6) is 11.5 Å². The van der Waals surface area contributed by atoms with Crippen LogP contribution in [0.15, 0.2) is 41.4 Å². The first-order valence-electron chi connectivity index (χ1n) is 8.80. The van der Waals surface area contributed by atoms with Gasteiger partial charge < -0.3 is 19.7 Å². The number of hydrogen-bond donors (Lipinski definition) is 2. The molecule has 5 heteroatoms. The molecule has 0 bridgehead atoms. The summed E-state index contributed by atoms with van der Waals surface area (Å²) in [7, 11) is 5.47. The summed E-state index contributed by atoms with van der Waals surface area (Å²) in [6, 6.07) is 5.15. The van der Waals surface area contributed by atoms with Crippen molar-refractivity contribution in [3.05, 3.63) is 46.9 Å². The van der Waals surface area contributed by atoms with Crippen molar-refractivity contribution in [3.8, 4) is 11.5 Å². The molecule has 5 nitrogen and oxygen atoms in total. The number of likely N-dealkylation sites (tertiary alicyclic amines) is 1. The zero-order chi connectivity index (χ0) is 18.0. The van der Waals surface area contributed by atoms with E-state index in [1.54, 1.807) is 26.4 Å². The molecule has 2 unspecified atom stereocenters.